The first-order valence-electron chi connectivity index (χ1n) is 11.3. The summed E-state index contributed by atoms with van der Waals surface area (Å²) in [6.45, 7) is 0. The van der Waals surface area contributed by atoms with Crippen molar-refractivity contribution in [1.82, 2.24) is 10.2 Å². The van der Waals surface area contributed by atoms with Gasteiger partial charge in [0.2, 0.25) is 0 Å². The molecule has 3 heterocycles. The average Bonchev–Trinajstić information content (AvgIpc) is 3.66. The number of benzene rings is 2. The summed E-state index contributed by atoms with van der Waals surface area (Å²) in [5, 5.41) is 19.8. The number of carbonyl (C=O) groups is 5. The van der Waals surface area contributed by atoms with E-state index in [-0.39, 0.29) is 22.6 Å². The van der Waals surface area contributed by atoms with Crippen LogP contribution in [0.15, 0.2) is 87.3 Å². The smallest absolute Gasteiger partial charge is 0.335 e. The number of carboxylic acid groups (broad SMARTS) is 2. The van der Waals surface area contributed by atoms with Gasteiger partial charge in [0.15, 0.2) is 12.0 Å². The van der Waals surface area contributed by atoms with Gasteiger partial charge in [-0.2, -0.15) is 0 Å². The van der Waals surface area contributed by atoms with Crippen LogP contribution in [-0.4, -0.2) is 52.3 Å². The Bertz CT molecular complexity index is 1590. The highest BCUT2D eigenvalue weighted by Crippen LogP contribution is 2.25. The van der Waals surface area contributed by atoms with E-state index in [2.05, 4.69) is 5.32 Å². The fraction of sp³-hybridized carbons (Fsp3) is 0.0357. The Kier molecular flexibility index (Phi) is 7.52. The van der Waals surface area contributed by atoms with Crippen molar-refractivity contribution in [1.29, 1.82) is 0 Å². The number of hydrogen-bond acceptors (Lipinski definition) is 7. The van der Waals surface area contributed by atoms with Gasteiger partial charge in [-0.15, -0.1) is 0 Å². The van der Waals surface area contributed by atoms with E-state index in [4.69, 9.17) is 19.0 Å². The number of hydrogen-bond donors (Lipinski definition) is 3. The van der Waals surface area contributed by atoms with Gasteiger partial charge >= 0.3 is 18.0 Å². The SMILES string of the molecule is CN1C(=O)NC(=O)/C1=C/c1ccc(-c2ccc(C(=O)O)cc2)o1.O=Cc1ccc(-c2ccc(C(=O)O)cc2)o1. The van der Waals surface area contributed by atoms with Crippen LogP contribution < -0.4 is 5.32 Å². The van der Waals surface area contributed by atoms with Crippen LogP contribution in [0.5, 0.6) is 0 Å². The van der Waals surface area contributed by atoms with Gasteiger partial charge in [-0.1, -0.05) is 24.3 Å². The van der Waals surface area contributed by atoms with Crippen LogP contribution in [0.1, 0.15) is 37.0 Å². The topological polar surface area (TPSA) is 167 Å². The number of aldehydes is 1. The monoisotopic (exact) mass is 528 g/mol. The van der Waals surface area contributed by atoms with Crippen molar-refractivity contribution in [2.24, 2.45) is 0 Å². The number of aromatic carboxylic acids is 2. The number of carboxylic acids is 2. The molecule has 1 aliphatic rings. The first-order chi connectivity index (χ1) is 18.7. The second-order valence-electron chi connectivity index (χ2n) is 8.13. The molecule has 3 amide bonds. The summed E-state index contributed by atoms with van der Waals surface area (Å²) >= 11 is 0. The highest BCUT2D eigenvalue weighted by molar-refractivity contribution is 6.13. The summed E-state index contributed by atoms with van der Waals surface area (Å²) in [5.41, 5.74) is 2.03. The van der Waals surface area contributed by atoms with E-state index in [0.29, 0.717) is 29.1 Å². The largest absolute Gasteiger partial charge is 0.478 e. The molecule has 4 aromatic rings. The van der Waals surface area contributed by atoms with Crippen LogP contribution in [0.2, 0.25) is 0 Å². The van der Waals surface area contributed by atoms with Gasteiger partial charge in [-0.05, 0) is 48.5 Å². The number of nitrogens with zero attached hydrogens (tertiary/aromatic N) is 1. The van der Waals surface area contributed by atoms with Crippen LogP contribution in [0.25, 0.3) is 28.7 Å². The molecule has 2 aromatic heterocycles. The molecule has 5 rings (SSSR count). The van der Waals surface area contributed by atoms with Crippen LogP contribution in [0.4, 0.5) is 4.79 Å². The highest BCUT2D eigenvalue weighted by Gasteiger charge is 2.30. The molecule has 1 aliphatic heterocycles. The van der Waals surface area contributed by atoms with E-state index >= 15 is 0 Å². The number of urea groups is 1. The van der Waals surface area contributed by atoms with Crippen LogP contribution in [0, 0.1) is 0 Å². The molecule has 0 bridgehead atoms. The Hall–Kier alpha value is -5.71. The predicted molar refractivity (Wildman–Crippen MR) is 137 cm³/mol. The molecule has 0 spiro atoms. The molecule has 0 radical (unpaired) electrons. The zero-order valence-electron chi connectivity index (χ0n) is 20.3. The lowest BCUT2D eigenvalue weighted by atomic mass is 10.1. The number of imide groups is 1. The number of nitrogens with one attached hydrogen (secondary N) is 1. The first kappa shape index (κ1) is 26.4. The molecule has 0 aliphatic carbocycles. The molecule has 0 unspecified atom stereocenters. The lowest BCUT2D eigenvalue weighted by Crippen LogP contribution is -2.24. The lowest BCUT2D eigenvalue weighted by Gasteiger charge is -2.05. The van der Waals surface area contributed by atoms with Crippen molar-refractivity contribution in [3.63, 3.8) is 0 Å². The summed E-state index contributed by atoms with van der Waals surface area (Å²) in [6, 6.07) is 18.6. The van der Waals surface area contributed by atoms with Gasteiger partial charge in [0.1, 0.15) is 23.0 Å². The van der Waals surface area contributed by atoms with Gasteiger partial charge in [0.25, 0.3) is 5.91 Å². The van der Waals surface area contributed by atoms with E-state index in [1.807, 2.05) is 0 Å². The van der Waals surface area contributed by atoms with E-state index < -0.39 is 23.9 Å². The lowest BCUT2D eigenvalue weighted by molar-refractivity contribution is -0.115. The van der Waals surface area contributed by atoms with Gasteiger partial charge in [0, 0.05) is 24.3 Å². The summed E-state index contributed by atoms with van der Waals surface area (Å²) < 4.78 is 10.8. The molecular formula is C28H20N2O9. The molecule has 11 nitrogen and oxygen atoms in total. The maximum Gasteiger partial charge on any atom is 0.335 e. The molecule has 0 atom stereocenters. The highest BCUT2D eigenvalue weighted by atomic mass is 16.4. The fourth-order valence-corrected chi connectivity index (χ4v) is 3.51. The summed E-state index contributed by atoms with van der Waals surface area (Å²) in [4.78, 5) is 56.1. The molecule has 3 N–H and O–H groups in total. The predicted octanol–water partition coefficient (Wildman–Crippen LogP) is 4.62. The molecular weight excluding hydrogens is 508 g/mol. The van der Waals surface area contributed by atoms with Crippen molar-refractivity contribution in [3.05, 3.63) is 101 Å². The second-order valence-corrected chi connectivity index (χ2v) is 8.13. The summed E-state index contributed by atoms with van der Waals surface area (Å²) in [7, 11) is 1.49. The third-order valence-electron chi connectivity index (χ3n) is 5.60. The number of likely N-dealkylation sites (N-methyl/N-ethyl adjacent to an activating group) is 1. The number of carbonyl (C=O) groups excluding carboxylic acids is 3. The van der Waals surface area contributed by atoms with Gasteiger partial charge < -0.3 is 19.0 Å². The van der Waals surface area contributed by atoms with Crippen LogP contribution in [-0.2, 0) is 4.79 Å². The third kappa shape index (κ3) is 6.00. The van der Waals surface area contributed by atoms with Crippen molar-refractivity contribution < 1.29 is 43.0 Å². The quantitative estimate of drug-likeness (QED) is 0.184. The van der Waals surface area contributed by atoms with E-state index in [0.717, 1.165) is 5.56 Å². The Balaban J connectivity index is 0.000000193. The molecule has 39 heavy (non-hydrogen) atoms. The summed E-state index contributed by atoms with van der Waals surface area (Å²) in [5.74, 6) is -0.728. The average molecular weight is 528 g/mol. The number of amides is 3. The van der Waals surface area contributed by atoms with Gasteiger partial charge in [-0.25, -0.2) is 14.4 Å². The van der Waals surface area contributed by atoms with Crippen molar-refractivity contribution in [2.45, 2.75) is 0 Å². The minimum absolute atomic E-state index is 0.186. The normalized spacial score (nSPS) is 13.6. The zero-order valence-corrected chi connectivity index (χ0v) is 20.3. The third-order valence-corrected chi connectivity index (χ3v) is 5.60. The zero-order chi connectivity index (χ0) is 28.1. The van der Waals surface area contributed by atoms with Gasteiger partial charge in [-0.3, -0.25) is 19.8 Å². The standard InChI is InChI=1S/C16H12N2O5.C12H8O4/c1-18-12(14(19)17-16(18)22)8-11-6-7-13(23-11)9-2-4-10(5-3-9)15(20)21;13-7-10-5-6-11(16-10)8-1-3-9(4-2-8)12(14)15/h2-8H,1H3,(H,20,21)(H,17,19,22);1-7H,(H,14,15)/b12-8-;. The number of rotatable bonds is 6. The molecule has 1 fully saturated rings. The van der Waals surface area contributed by atoms with Crippen LogP contribution >= 0.6 is 0 Å². The van der Waals surface area contributed by atoms with Crippen molar-refractivity contribution in [3.8, 4) is 22.6 Å². The molecule has 0 saturated carbocycles. The maximum atomic E-state index is 11.6. The van der Waals surface area contributed by atoms with Crippen molar-refractivity contribution in [2.75, 3.05) is 7.05 Å². The molecule has 2 aromatic carbocycles. The fourth-order valence-electron chi connectivity index (χ4n) is 3.51. The van der Waals surface area contributed by atoms with E-state index in [1.165, 1.54) is 42.3 Å². The number of furan rings is 2. The minimum Gasteiger partial charge on any atom is -0.478 e. The first-order valence-corrected chi connectivity index (χ1v) is 11.3. The molecule has 11 heteroatoms. The Labute approximate surface area is 220 Å². The van der Waals surface area contributed by atoms with Crippen LogP contribution in [0.3, 0.4) is 0 Å². The van der Waals surface area contributed by atoms with E-state index in [9.17, 15) is 24.0 Å². The second kappa shape index (κ2) is 11.1. The van der Waals surface area contributed by atoms with Crippen molar-refractivity contribution >= 4 is 36.2 Å². The Morgan fingerprint density at radius 3 is 1.59 bits per heavy atom. The van der Waals surface area contributed by atoms with Gasteiger partial charge in [0.05, 0.1) is 11.1 Å². The summed E-state index contributed by atoms with van der Waals surface area (Å²) in [6.07, 6.45) is 2.09. The molecule has 1 saturated heterocycles. The Morgan fingerprint density at radius 1 is 0.744 bits per heavy atom. The molecule has 196 valence electrons. The minimum atomic E-state index is -0.999. The Morgan fingerprint density at radius 2 is 1.21 bits per heavy atom. The van der Waals surface area contributed by atoms with E-state index in [1.54, 1.807) is 48.5 Å². The maximum absolute atomic E-state index is 11.6.